The minimum absolute atomic E-state index is 0.113. The Bertz CT molecular complexity index is 1110. The number of H-pyrrole nitrogens is 1. The molecule has 7 heteroatoms. The number of aromatic nitrogens is 3. The molecule has 5 rings (SSSR count). The summed E-state index contributed by atoms with van der Waals surface area (Å²) in [6.45, 7) is 2.39. The second kappa shape index (κ2) is 6.89. The number of carbonyl (C=O) groups excluding carboxylic acids is 1. The Hall–Kier alpha value is -3.40. The van der Waals surface area contributed by atoms with Gasteiger partial charge in [0.05, 0.1) is 29.0 Å². The minimum Gasteiger partial charge on any atom is -0.354 e. The van der Waals surface area contributed by atoms with Gasteiger partial charge >= 0.3 is 0 Å². The first-order valence-corrected chi connectivity index (χ1v) is 10.0. The molecular formula is C22H22N6O. The normalized spacial score (nSPS) is 17.9. The summed E-state index contributed by atoms with van der Waals surface area (Å²) in [5.41, 5.74) is 2.10. The van der Waals surface area contributed by atoms with E-state index in [9.17, 15) is 10.1 Å². The first-order valence-electron chi connectivity index (χ1n) is 10.0. The number of anilines is 1. The van der Waals surface area contributed by atoms with Gasteiger partial charge in [0.1, 0.15) is 17.8 Å². The van der Waals surface area contributed by atoms with Gasteiger partial charge in [-0.25, -0.2) is 9.97 Å². The fourth-order valence-electron chi connectivity index (χ4n) is 4.47. The third kappa shape index (κ3) is 3.11. The standard InChI is InChI=1S/C22H22N6O/c23-13-17-5-2-1-4-16(17)12-19(29)28-11-3-10-27(14-22(28)7-8-22)21-18-6-9-24-20(18)25-15-26-21/h1-2,4-6,9,15H,3,7-8,10-12,14H2,(H,24,25,26). The minimum atomic E-state index is -0.122. The molecule has 146 valence electrons. The van der Waals surface area contributed by atoms with Crippen LogP contribution in [0.4, 0.5) is 5.82 Å². The van der Waals surface area contributed by atoms with E-state index in [1.54, 1.807) is 12.4 Å². The highest BCUT2D eigenvalue weighted by Gasteiger charge is 2.52. The third-order valence-electron chi connectivity index (χ3n) is 6.11. The Morgan fingerprint density at radius 3 is 2.90 bits per heavy atom. The fraction of sp³-hybridized carbons (Fsp3) is 0.364. The van der Waals surface area contributed by atoms with Crippen molar-refractivity contribution >= 4 is 22.8 Å². The molecule has 1 N–H and O–H groups in total. The van der Waals surface area contributed by atoms with Crippen LogP contribution < -0.4 is 4.90 Å². The van der Waals surface area contributed by atoms with Gasteiger partial charge in [-0.1, -0.05) is 18.2 Å². The van der Waals surface area contributed by atoms with Gasteiger partial charge in [-0.3, -0.25) is 4.79 Å². The average Bonchev–Trinajstić information content (AvgIpc) is 3.40. The number of nitriles is 1. The number of nitrogens with one attached hydrogen (secondary N) is 1. The highest BCUT2D eigenvalue weighted by molar-refractivity contribution is 5.87. The van der Waals surface area contributed by atoms with E-state index in [-0.39, 0.29) is 17.9 Å². The monoisotopic (exact) mass is 386 g/mol. The molecule has 0 unspecified atom stereocenters. The molecule has 2 aliphatic rings. The van der Waals surface area contributed by atoms with E-state index in [1.165, 1.54) is 0 Å². The molecule has 3 heterocycles. The second-order valence-electron chi connectivity index (χ2n) is 7.93. The van der Waals surface area contributed by atoms with E-state index in [4.69, 9.17) is 0 Å². The Kier molecular flexibility index (Phi) is 4.20. The Morgan fingerprint density at radius 1 is 1.21 bits per heavy atom. The zero-order valence-electron chi connectivity index (χ0n) is 16.1. The van der Waals surface area contributed by atoms with E-state index >= 15 is 0 Å². The molecule has 1 aliphatic heterocycles. The second-order valence-corrected chi connectivity index (χ2v) is 7.93. The predicted octanol–water partition coefficient (Wildman–Crippen LogP) is 2.64. The summed E-state index contributed by atoms with van der Waals surface area (Å²) in [5, 5.41) is 10.4. The topological polar surface area (TPSA) is 88.9 Å². The molecule has 29 heavy (non-hydrogen) atoms. The molecule has 1 aliphatic carbocycles. The number of amides is 1. The number of aromatic amines is 1. The Balaban J connectivity index is 1.39. The van der Waals surface area contributed by atoms with Crippen LogP contribution in [0.3, 0.4) is 0 Å². The van der Waals surface area contributed by atoms with Crippen molar-refractivity contribution < 1.29 is 4.79 Å². The van der Waals surface area contributed by atoms with Crippen molar-refractivity contribution in [3.05, 3.63) is 54.0 Å². The number of nitrogens with zero attached hydrogens (tertiary/aromatic N) is 5. The molecule has 0 atom stereocenters. The van der Waals surface area contributed by atoms with Gasteiger partial charge in [-0.2, -0.15) is 5.26 Å². The first kappa shape index (κ1) is 17.7. The average molecular weight is 386 g/mol. The van der Waals surface area contributed by atoms with Crippen LogP contribution >= 0.6 is 0 Å². The SMILES string of the molecule is N#Cc1ccccc1CC(=O)N1CCCN(c2ncnc3[nH]ccc23)CC12CC2. The maximum absolute atomic E-state index is 13.2. The number of carbonyl (C=O) groups is 1. The van der Waals surface area contributed by atoms with Crippen LogP contribution in [-0.4, -0.2) is 50.9 Å². The van der Waals surface area contributed by atoms with Crippen molar-refractivity contribution in [3.8, 4) is 6.07 Å². The third-order valence-corrected chi connectivity index (χ3v) is 6.11. The molecule has 3 aromatic rings. The molecule has 1 saturated carbocycles. The lowest BCUT2D eigenvalue weighted by atomic mass is 10.0. The van der Waals surface area contributed by atoms with Crippen LogP contribution in [0.25, 0.3) is 11.0 Å². The summed E-state index contributed by atoms with van der Waals surface area (Å²) < 4.78 is 0. The zero-order chi connectivity index (χ0) is 19.8. The number of hydrogen-bond acceptors (Lipinski definition) is 5. The summed E-state index contributed by atoms with van der Waals surface area (Å²) in [5.74, 6) is 1.05. The predicted molar refractivity (Wildman–Crippen MR) is 109 cm³/mol. The van der Waals surface area contributed by atoms with E-state index in [0.29, 0.717) is 5.56 Å². The molecule has 2 fully saturated rings. The summed E-state index contributed by atoms with van der Waals surface area (Å²) >= 11 is 0. The van der Waals surface area contributed by atoms with Gasteiger partial charge in [0.25, 0.3) is 0 Å². The van der Waals surface area contributed by atoms with Gasteiger partial charge in [0.2, 0.25) is 5.91 Å². The number of hydrogen-bond donors (Lipinski definition) is 1. The van der Waals surface area contributed by atoms with Crippen molar-refractivity contribution in [2.45, 2.75) is 31.2 Å². The lowest BCUT2D eigenvalue weighted by molar-refractivity contribution is -0.133. The molecule has 1 spiro atoms. The van der Waals surface area contributed by atoms with Crippen LogP contribution in [0.15, 0.2) is 42.9 Å². The molecule has 2 aromatic heterocycles. The maximum Gasteiger partial charge on any atom is 0.227 e. The first-order chi connectivity index (χ1) is 14.2. The molecule has 1 amide bonds. The number of benzene rings is 1. The summed E-state index contributed by atoms with van der Waals surface area (Å²) in [4.78, 5) is 29.6. The fourth-order valence-corrected chi connectivity index (χ4v) is 4.47. The van der Waals surface area contributed by atoms with Crippen LogP contribution in [0, 0.1) is 11.3 Å². The molecule has 1 aromatic carbocycles. The van der Waals surface area contributed by atoms with E-state index < -0.39 is 0 Å². The van der Waals surface area contributed by atoms with E-state index in [0.717, 1.165) is 61.3 Å². The molecule has 0 radical (unpaired) electrons. The highest BCUT2D eigenvalue weighted by Crippen LogP contribution is 2.45. The highest BCUT2D eigenvalue weighted by atomic mass is 16.2. The molecule has 1 saturated heterocycles. The number of rotatable bonds is 3. The lowest BCUT2D eigenvalue weighted by Gasteiger charge is -2.32. The van der Waals surface area contributed by atoms with Crippen molar-refractivity contribution in [1.29, 1.82) is 5.26 Å². The number of fused-ring (bicyclic) bond motifs is 1. The molecule has 0 bridgehead atoms. The van der Waals surface area contributed by atoms with Gasteiger partial charge in [0, 0.05) is 25.8 Å². The van der Waals surface area contributed by atoms with Crippen molar-refractivity contribution in [3.63, 3.8) is 0 Å². The van der Waals surface area contributed by atoms with Gasteiger partial charge in [0.15, 0.2) is 0 Å². The van der Waals surface area contributed by atoms with Gasteiger partial charge < -0.3 is 14.8 Å². The molecular weight excluding hydrogens is 364 g/mol. The summed E-state index contributed by atoms with van der Waals surface area (Å²) in [6, 6.07) is 11.6. The van der Waals surface area contributed by atoms with E-state index in [1.807, 2.05) is 30.5 Å². The largest absolute Gasteiger partial charge is 0.354 e. The van der Waals surface area contributed by atoms with Crippen LogP contribution in [0.1, 0.15) is 30.4 Å². The van der Waals surface area contributed by atoms with Crippen molar-refractivity contribution in [2.75, 3.05) is 24.5 Å². The Morgan fingerprint density at radius 2 is 2.07 bits per heavy atom. The van der Waals surface area contributed by atoms with E-state index in [2.05, 4.69) is 30.8 Å². The van der Waals surface area contributed by atoms with Gasteiger partial charge in [-0.05, 0) is 37.0 Å². The smallest absolute Gasteiger partial charge is 0.227 e. The lowest BCUT2D eigenvalue weighted by Crippen LogP contribution is -2.47. The van der Waals surface area contributed by atoms with Crippen molar-refractivity contribution in [1.82, 2.24) is 19.9 Å². The quantitative estimate of drug-likeness (QED) is 0.747. The van der Waals surface area contributed by atoms with Crippen LogP contribution in [0.5, 0.6) is 0 Å². The van der Waals surface area contributed by atoms with Crippen molar-refractivity contribution in [2.24, 2.45) is 0 Å². The zero-order valence-corrected chi connectivity index (χ0v) is 16.1. The Labute approximate surface area is 169 Å². The van der Waals surface area contributed by atoms with Gasteiger partial charge in [-0.15, -0.1) is 0 Å². The maximum atomic E-state index is 13.2. The van der Waals surface area contributed by atoms with Crippen LogP contribution in [-0.2, 0) is 11.2 Å². The summed E-state index contributed by atoms with van der Waals surface area (Å²) in [6.07, 6.45) is 6.67. The summed E-state index contributed by atoms with van der Waals surface area (Å²) in [7, 11) is 0. The molecule has 7 nitrogen and oxygen atoms in total. The van der Waals surface area contributed by atoms with Crippen LogP contribution in [0.2, 0.25) is 0 Å².